The van der Waals surface area contributed by atoms with E-state index in [1.165, 1.54) is 5.52 Å². The highest BCUT2D eigenvalue weighted by Crippen LogP contribution is 2.45. The first-order chi connectivity index (χ1) is 19.9. The number of nitrogens with zero attached hydrogens (tertiary/aromatic N) is 6. The molecule has 2 N–H and O–H groups in total. The van der Waals surface area contributed by atoms with Crippen molar-refractivity contribution in [2.75, 3.05) is 26.0 Å². The molecule has 1 aliphatic carbocycles. The standard InChI is InChI=1S/C31H31N7O2S/c1-35(2)14-15-36-13-10-21-17-23(8-9-27(21)36)33-30-32-19-26-28(34-30)38(37(29(26)39)20-25-7-4-16-41-25)24-6-3-5-22(18-24)31(40)11-12-31/h3-10,13,16-19,40H,11-12,14-15,20H2,1-2H3,(H,32,33,34). The molecule has 0 aliphatic heterocycles. The molecule has 4 heterocycles. The number of hydrogen-bond donors (Lipinski definition) is 2. The van der Waals surface area contributed by atoms with Gasteiger partial charge in [0.05, 0.1) is 17.8 Å². The molecule has 1 fully saturated rings. The van der Waals surface area contributed by atoms with E-state index in [9.17, 15) is 9.90 Å². The lowest BCUT2D eigenvalue weighted by Crippen LogP contribution is -2.22. The minimum Gasteiger partial charge on any atom is -0.385 e. The second kappa shape index (κ2) is 9.99. The van der Waals surface area contributed by atoms with Gasteiger partial charge in [-0.1, -0.05) is 18.2 Å². The lowest BCUT2D eigenvalue weighted by molar-refractivity contribution is 0.151. The van der Waals surface area contributed by atoms with Gasteiger partial charge in [-0.2, -0.15) is 4.98 Å². The molecular formula is C31H31N7O2S. The van der Waals surface area contributed by atoms with Crippen molar-refractivity contribution in [3.05, 3.63) is 99.2 Å². The summed E-state index contributed by atoms with van der Waals surface area (Å²) in [5, 5.41) is 17.7. The molecule has 4 aromatic heterocycles. The molecule has 7 rings (SSSR count). The first kappa shape index (κ1) is 25.7. The number of aliphatic hydroxyl groups is 1. The van der Waals surface area contributed by atoms with Crippen LogP contribution in [0, 0.1) is 0 Å². The van der Waals surface area contributed by atoms with Crippen LogP contribution in [0.1, 0.15) is 23.3 Å². The second-order valence-electron chi connectivity index (χ2n) is 11.0. The number of fused-ring (bicyclic) bond motifs is 2. The molecule has 0 amide bonds. The van der Waals surface area contributed by atoms with Crippen molar-refractivity contribution >= 4 is 44.9 Å². The lowest BCUT2D eigenvalue weighted by Gasteiger charge is -2.15. The number of nitrogens with one attached hydrogen (secondary N) is 1. The maximum absolute atomic E-state index is 13.6. The van der Waals surface area contributed by atoms with Crippen LogP contribution >= 0.6 is 11.3 Å². The molecular weight excluding hydrogens is 534 g/mol. The molecule has 41 heavy (non-hydrogen) atoms. The van der Waals surface area contributed by atoms with Crippen molar-refractivity contribution in [1.29, 1.82) is 0 Å². The van der Waals surface area contributed by atoms with Crippen molar-refractivity contribution in [3.8, 4) is 5.69 Å². The monoisotopic (exact) mass is 565 g/mol. The highest BCUT2D eigenvalue weighted by Gasteiger charge is 2.42. The Hall–Kier alpha value is -4.25. The molecule has 0 bridgehead atoms. The summed E-state index contributed by atoms with van der Waals surface area (Å²) in [5.74, 6) is 0.405. The summed E-state index contributed by atoms with van der Waals surface area (Å²) < 4.78 is 5.81. The summed E-state index contributed by atoms with van der Waals surface area (Å²) in [6, 6.07) is 20.1. The van der Waals surface area contributed by atoms with Crippen LogP contribution in [0.3, 0.4) is 0 Å². The Kier molecular flexibility index (Phi) is 6.26. The number of rotatable bonds is 9. The zero-order valence-electron chi connectivity index (χ0n) is 23.0. The summed E-state index contributed by atoms with van der Waals surface area (Å²) in [6.45, 7) is 2.29. The minimum absolute atomic E-state index is 0.157. The van der Waals surface area contributed by atoms with Crippen molar-refractivity contribution in [2.24, 2.45) is 0 Å². The molecule has 1 aliphatic rings. The van der Waals surface area contributed by atoms with Crippen LogP contribution in [0.15, 0.2) is 83.2 Å². The fourth-order valence-electron chi connectivity index (χ4n) is 5.29. The van der Waals surface area contributed by atoms with Crippen molar-refractivity contribution in [1.82, 2.24) is 28.8 Å². The first-order valence-electron chi connectivity index (χ1n) is 13.7. The number of thiophene rings is 1. The van der Waals surface area contributed by atoms with E-state index >= 15 is 0 Å². The van der Waals surface area contributed by atoms with Gasteiger partial charge in [0, 0.05) is 47.0 Å². The maximum atomic E-state index is 13.6. The Bertz CT molecular complexity index is 1930. The van der Waals surface area contributed by atoms with Crippen molar-refractivity contribution < 1.29 is 5.11 Å². The molecule has 1 saturated carbocycles. The predicted molar refractivity (Wildman–Crippen MR) is 163 cm³/mol. The van der Waals surface area contributed by atoms with E-state index in [1.54, 1.807) is 22.2 Å². The van der Waals surface area contributed by atoms with Crippen molar-refractivity contribution in [2.45, 2.75) is 31.5 Å². The zero-order chi connectivity index (χ0) is 28.1. The summed E-state index contributed by atoms with van der Waals surface area (Å²) in [7, 11) is 4.15. The maximum Gasteiger partial charge on any atom is 0.278 e. The molecule has 208 valence electrons. The Balaban J connectivity index is 1.29. The Labute approximate surface area is 240 Å². The Morgan fingerprint density at radius 1 is 1.10 bits per heavy atom. The summed E-state index contributed by atoms with van der Waals surface area (Å²) in [6.07, 6.45) is 5.19. The number of aromatic nitrogens is 5. The highest BCUT2D eigenvalue weighted by atomic mass is 32.1. The van der Waals surface area contributed by atoms with E-state index < -0.39 is 5.60 Å². The molecule has 0 atom stereocenters. The minimum atomic E-state index is -0.788. The first-order valence-corrected chi connectivity index (χ1v) is 14.6. The van der Waals surface area contributed by atoms with Gasteiger partial charge in [-0.25, -0.2) is 14.3 Å². The number of anilines is 2. The number of hydrogen-bond acceptors (Lipinski definition) is 7. The molecule has 6 aromatic rings. The predicted octanol–water partition coefficient (Wildman–Crippen LogP) is 4.93. The third kappa shape index (κ3) is 4.84. The summed E-state index contributed by atoms with van der Waals surface area (Å²) >= 11 is 1.60. The van der Waals surface area contributed by atoms with Gasteiger partial charge in [-0.15, -0.1) is 11.3 Å². The topological polar surface area (TPSA) is 93.1 Å². The van der Waals surface area contributed by atoms with E-state index in [-0.39, 0.29) is 5.56 Å². The number of benzene rings is 2. The van der Waals surface area contributed by atoms with Crippen LogP contribution in [0.2, 0.25) is 0 Å². The molecule has 10 heteroatoms. The Morgan fingerprint density at radius 3 is 2.76 bits per heavy atom. The van der Waals surface area contributed by atoms with Gasteiger partial charge in [0.2, 0.25) is 5.95 Å². The van der Waals surface area contributed by atoms with E-state index in [2.05, 4.69) is 58.3 Å². The van der Waals surface area contributed by atoms with Gasteiger partial charge in [0.1, 0.15) is 5.39 Å². The van der Waals surface area contributed by atoms with Crippen molar-refractivity contribution in [3.63, 3.8) is 0 Å². The second-order valence-corrected chi connectivity index (χ2v) is 12.0. The molecule has 0 saturated heterocycles. The van der Waals surface area contributed by atoms with Gasteiger partial charge in [-0.05, 0) is 80.3 Å². The van der Waals surface area contributed by atoms with Crippen LogP contribution in [0.4, 0.5) is 11.6 Å². The smallest absolute Gasteiger partial charge is 0.278 e. The average Bonchev–Trinajstić information content (AvgIpc) is 3.28. The van der Waals surface area contributed by atoms with Crippen LogP contribution in [0.25, 0.3) is 27.6 Å². The van der Waals surface area contributed by atoms with Gasteiger partial charge >= 0.3 is 0 Å². The molecule has 0 spiro atoms. The molecule has 9 nitrogen and oxygen atoms in total. The van der Waals surface area contributed by atoms with E-state index in [1.807, 2.05) is 52.5 Å². The SMILES string of the molecule is CN(C)CCn1ccc2cc(Nc3ncc4c(=O)n(Cc5cccs5)n(-c5cccc(C6(O)CC6)c5)c4n3)ccc21. The summed E-state index contributed by atoms with van der Waals surface area (Å²) in [5.41, 5.74) is 3.24. The average molecular weight is 566 g/mol. The van der Waals surface area contributed by atoms with Gasteiger partial charge in [0.25, 0.3) is 5.56 Å². The Morgan fingerprint density at radius 2 is 1.98 bits per heavy atom. The third-order valence-electron chi connectivity index (χ3n) is 7.73. The third-order valence-corrected chi connectivity index (χ3v) is 8.59. The zero-order valence-corrected chi connectivity index (χ0v) is 23.8. The quantitative estimate of drug-likeness (QED) is 0.258. The lowest BCUT2D eigenvalue weighted by atomic mass is 10.1. The highest BCUT2D eigenvalue weighted by molar-refractivity contribution is 7.09. The fraction of sp³-hybridized carbons (Fsp3) is 0.258. The van der Waals surface area contributed by atoms with Crippen LogP contribution in [-0.4, -0.2) is 54.5 Å². The summed E-state index contributed by atoms with van der Waals surface area (Å²) in [4.78, 5) is 26.2. The van der Waals surface area contributed by atoms with E-state index in [0.29, 0.717) is 23.5 Å². The van der Waals surface area contributed by atoms with Gasteiger partial charge in [0.15, 0.2) is 5.65 Å². The van der Waals surface area contributed by atoms with Gasteiger partial charge in [-0.3, -0.25) is 4.79 Å². The van der Waals surface area contributed by atoms with Gasteiger partial charge < -0.3 is 19.9 Å². The molecule has 2 aromatic carbocycles. The van der Waals surface area contributed by atoms with E-state index in [4.69, 9.17) is 4.98 Å². The number of likely N-dealkylation sites (N-methyl/N-ethyl adjacent to an activating group) is 1. The van der Waals surface area contributed by atoms with E-state index in [0.717, 1.165) is 53.1 Å². The normalized spacial score (nSPS) is 14.3. The fourth-order valence-corrected chi connectivity index (χ4v) is 5.97. The van der Waals surface area contributed by atoms with Crippen LogP contribution in [-0.2, 0) is 18.7 Å². The van der Waals surface area contributed by atoms with Crippen LogP contribution in [0.5, 0.6) is 0 Å². The molecule has 0 unspecified atom stereocenters. The largest absolute Gasteiger partial charge is 0.385 e. The molecule has 0 radical (unpaired) electrons. The van der Waals surface area contributed by atoms with Crippen LogP contribution < -0.4 is 10.9 Å².